The summed E-state index contributed by atoms with van der Waals surface area (Å²) in [6.07, 6.45) is 1.70. The van der Waals surface area contributed by atoms with E-state index < -0.39 is 0 Å². The fraction of sp³-hybridized carbons (Fsp3) is 0.400. The van der Waals surface area contributed by atoms with Crippen LogP contribution in [-0.2, 0) is 4.74 Å². The topological polar surface area (TPSA) is 9.23 Å². The van der Waals surface area contributed by atoms with Gasteiger partial charge in [-0.3, -0.25) is 0 Å². The van der Waals surface area contributed by atoms with Gasteiger partial charge in [0.1, 0.15) is 0 Å². The third kappa shape index (κ3) is 3.79. The average molecular weight is 152 g/mol. The lowest BCUT2D eigenvalue weighted by molar-refractivity contribution is 0.127. The zero-order valence-corrected chi connectivity index (χ0v) is 7.39. The molecule has 0 saturated carbocycles. The Morgan fingerprint density at radius 1 is 1.36 bits per heavy atom. The van der Waals surface area contributed by atoms with Crippen molar-refractivity contribution >= 4 is 0 Å². The van der Waals surface area contributed by atoms with Crippen LogP contribution in [0, 0.1) is 0 Å². The van der Waals surface area contributed by atoms with E-state index in [1.54, 1.807) is 6.08 Å². The van der Waals surface area contributed by atoms with Gasteiger partial charge in [-0.1, -0.05) is 19.2 Å². The molecule has 0 spiro atoms. The van der Waals surface area contributed by atoms with E-state index in [9.17, 15) is 0 Å². The number of rotatable bonds is 5. The van der Waals surface area contributed by atoms with Gasteiger partial charge in [0.2, 0.25) is 0 Å². The van der Waals surface area contributed by atoms with Crippen LogP contribution in [0.5, 0.6) is 0 Å². The van der Waals surface area contributed by atoms with E-state index in [1.807, 2.05) is 13.8 Å². The van der Waals surface area contributed by atoms with E-state index in [4.69, 9.17) is 4.74 Å². The van der Waals surface area contributed by atoms with Crippen molar-refractivity contribution in [2.45, 2.75) is 20.0 Å². The van der Waals surface area contributed by atoms with Crippen LogP contribution in [-0.4, -0.2) is 12.7 Å². The molecule has 0 heterocycles. The van der Waals surface area contributed by atoms with Crippen molar-refractivity contribution in [3.05, 3.63) is 37.0 Å². The highest BCUT2D eigenvalue weighted by atomic mass is 16.5. The van der Waals surface area contributed by atoms with E-state index in [0.717, 1.165) is 11.1 Å². The summed E-state index contributed by atoms with van der Waals surface area (Å²) in [7, 11) is 0. The summed E-state index contributed by atoms with van der Waals surface area (Å²) < 4.78 is 5.40. The van der Waals surface area contributed by atoms with Gasteiger partial charge in [0.25, 0.3) is 0 Å². The molecule has 0 atom stereocenters. The average Bonchev–Trinajstić information content (AvgIpc) is 1.87. The Bertz CT molecular complexity index is 154. The molecule has 11 heavy (non-hydrogen) atoms. The lowest BCUT2D eigenvalue weighted by Crippen LogP contribution is -2.14. The molecule has 0 aromatic rings. The SMILES string of the molecule is C=CCOC(C(=C)C)C(=C)C. The van der Waals surface area contributed by atoms with E-state index in [2.05, 4.69) is 19.7 Å². The lowest BCUT2D eigenvalue weighted by Gasteiger charge is -2.16. The molecule has 0 aliphatic heterocycles. The van der Waals surface area contributed by atoms with E-state index in [-0.39, 0.29) is 6.10 Å². The molecule has 0 rings (SSSR count). The van der Waals surface area contributed by atoms with E-state index in [1.165, 1.54) is 0 Å². The van der Waals surface area contributed by atoms with Crippen LogP contribution in [0.4, 0.5) is 0 Å². The molecule has 0 N–H and O–H groups in total. The standard InChI is InChI=1S/C10H16O/c1-6-7-11-10(8(2)3)9(4)5/h6,10H,1-2,4,7H2,3,5H3. The van der Waals surface area contributed by atoms with Crippen LogP contribution in [0.3, 0.4) is 0 Å². The first-order valence-electron chi connectivity index (χ1n) is 3.63. The molecule has 0 aliphatic rings. The molecule has 0 aliphatic carbocycles. The highest BCUT2D eigenvalue weighted by Crippen LogP contribution is 2.11. The number of ether oxygens (including phenoxy) is 1. The minimum atomic E-state index is -0.0204. The first-order chi connectivity index (χ1) is 5.09. The molecule has 0 unspecified atom stereocenters. The maximum absolute atomic E-state index is 5.40. The lowest BCUT2D eigenvalue weighted by atomic mass is 10.1. The van der Waals surface area contributed by atoms with Gasteiger partial charge in [-0.15, -0.1) is 6.58 Å². The summed E-state index contributed by atoms with van der Waals surface area (Å²) >= 11 is 0. The summed E-state index contributed by atoms with van der Waals surface area (Å²) in [6, 6.07) is 0. The molecule has 1 heteroatoms. The first-order valence-corrected chi connectivity index (χ1v) is 3.63. The fourth-order valence-electron chi connectivity index (χ4n) is 0.869. The van der Waals surface area contributed by atoms with Crippen LogP contribution in [0.1, 0.15) is 13.8 Å². The van der Waals surface area contributed by atoms with Gasteiger partial charge >= 0.3 is 0 Å². The van der Waals surface area contributed by atoms with Crippen LogP contribution >= 0.6 is 0 Å². The molecular weight excluding hydrogens is 136 g/mol. The van der Waals surface area contributed by atoms with Crippen molar-refractivity contribution in [2.24, 2.45) is 0 Å². The second kappa shape index (κ2) is 4.91. The summed E-state index contributed by atoms with van der Waals surface area (Å²) in [6.45, 7) is 15.6. The van der Waals surface area contributed by atoms with Gasteiger partial charge in [0.15, 0.2) is 0 Å². The van der Waals surface area contributed by atoms with Gasteiger partial charge in [-0.05, 0) is 25.0 Å². The second-order valence-electron chi connectivity index (χ2n) is 2.69. The molecule has 0 aromatic heterocycles. The molecule has 0 radical (unpaired) electrons. The summed E-state index contributed by atoms with van der Waals surface area (Å²) in [4.78, 5) is 0. The normalized spacial score (nSPS) is 9.73. The number of hydrogen-bond acceptors (Lipinski definition) is 1. The summed E-state index contributed by atoms with van der Waals surface area (Å²) in [5.41, 5.74) is 1.97. The molecule has 0 bridgehead atoms. The van der Waals surface area contributed by atoms with Crippen molar-refractivity contribution in [2.75, 3.05) is 6.61 Å². The van der Waals surface area contributed by atoms with E-state index in [0.29, 0.717) is 6.61 Å². The molecule has 0 saturated heterocycles. The smallest absolute Gasteiger partial charge is 0.0989 e. The molecule has 62 valence electrons. The Hall–Kier alpha value is -0.820. The van der Waals surface area contributed by atoms with Crippen molar-refractivity contribution in [3.8, 4) is 0 Å². The predicted octanol–water partition coefficient (Wildman–Crippen LogP) is 2.71. The molecule has 0 fully saturated rings. The fourth-order valence-corrected chi connectivity index (χ4v) is 0.869. The Balaban J connectivity index is 4.00. The van der Waals surface area contributed by atoms with Crippen LogP contribution < -0.4 is 0 Å². The second-order valence-corrected chi connectivity index (χ2v) is 2.69. The van der Waals surface area contributed by atoms with E-state index >= 15 is 0 Å². The Morgan fingerprint density at radius 2 is 1.82 bits per heavy atom. The zero-order valence-electron chi connectivity index (χ0n) is 7.39. The minimum absolute atomic E-state index is 0.0204. The highest BCUT2D eigenvalue weighted by molar-refractivity contribution is 5.15. The molecule has 1 nitrogen and oxygen atoms in total. The molecule has 0 aromatic carbocycles. The van der Waals surface area contributed by atoms with Crippen LogP contribution in [0.2, 0.25) is 0 Å². The zero-order chi connectivity index (χ0) is 8.85. The van der Waals surface area contributed by atoms with Crippen molar-refractivity contribution in [3.63, 3.8) is 0 Å². The van der Waals surface area contributed by atoms with Crippen molar-refractivity contribution in [1.29, 1.82) is 0 Å². The Morgan fingerprint density at radius 3 is 2.09 bits per heavy atom. The van der Waals surface area contributed by atoms with Crippen LogP contribution in [0.15, 0.2) is 37.0 Å². The van der Waals surface area contributed by atoms with Gasteiger partial charge in [-0.2, -0.15) is 0 Å². The van der Waals surface area contributed by atoms with Gasteiger partial charge in [-0.25, -0.2) is 0 Å². The Labute approximate surface area is 69.1 Å². The Kier molecular flexibility index (Phi) is 4.55. The quantitative estimate of drug-likeness (QED) is 0.550. The maximum atomic E-state index is 5.40. The third-order valence-electron chi connectivity index (χ3n) is 1.28. The highest BCUT2D eigenvalue weighted by Gasteiger charge is 2.08. The number of hydrogen-bond donors (Lipinski definition) is 0. The van der Waals surface area contributed by atoms with Gasteiger partial charge < -0.3 is 4.74 Å². The molecule has 0 amide bonds. The van der Waals surface area contributed by atoms with Crippen molar-refractivity contribution in [1.82, 2.24) is 0 Å². The van der Waals surface area contributed by atoms with Gasteiger partial charge in [0, 0.05) is 0 Å². The third-order valence-corrected chi connectivity index (χ3v) is 1.28. The first kappa shape index (κ1) is 10.2. The maximum Gasteiger partial charge on any atom is 0.0989 e. The monoisotopic (exact) mass is 152 g/mol. The van der Waals surface area contributed by atoms with Crippen LogP contribution in [0.25, 0.3) is 0 Å². The summed E-state index contributed by atoms with van der Waals surface area (Å²) in [5.74, 6) is 0. The molecular formula is C10H16O. The largest absolute Gasteiger partial charge is 0.365 e. The minimum Gasteiger partial charge on any atom is -0.365 e. The van der Waals surface area contributed by atoms with Crippen molar-refractivity contribution < 1.29 is 4.74 Å². The summed E-state index contributed by atoms with van der Waals surface area (Å²) in [5, 5.41) is 0. The van der Waals surface area contributed by atoms with Gasteiger partial charge in [0.05, 0.1) is 12.7 Å². The predicted molar refractivity (Wildman–Crippen MR) is 49.6 cm³/mol.